The van der Waals surface area contributed by atoms with Gasteiger partial charge >= 0.3 is 0 Å². The third-order valence-electron chi connectivity index (χ3n) is 5.23. The van der Waals surface area contributed by atoms with E-state index in [4.69, 9.17) is 0 Å². The molecule has 0 aliphatic carbocycles. The highest BCUT2D eigenvalue weighted by atomic mass is 19.1. The van der Waals surface area contributed by atoms with E-state index in [1.54, 1.807) is 18.2 Å². The summed E-state index contributed by atoms with van der Waals surface area (Å²) in [6.45, 7) is 5.12. The molecule has 0 saturated carbocycles. The van der Waals surface area contributed by atoms with Gasteiger partial charge in [-0.15, -0.1) is 0 Å². The van der Waals surface area contributed by atoms with E-state index in [0.717, 1.165) is 31.7 Å². The van der Waals surface area contributed by atoms with Crippen LogP contribution < -0.4 is 15.1 Å². The van der Waals surface area contributed by atoms with Crippen molar-refractivity contribution in [3.8, 4) is 0 Å². The number of hydrogen-bond acceptors (Lipinski definition) is 3. The van der Waals surface area contributed by atoms with Gasteiger partial charge in [0.05, 0.1) is 5.69 Å². The summed E-state index contributed by atoms with van der Waals surface area (Å²) in [6, 6.07) is 22.5. The predicted molar refractivity (Wildman–Crippen MR) is 116 cm³/mol. The number of nitrogens with one attached hydrogen (secondary N) is 1. The molecule has 1 aliphatic heterocycles. The molecule has 3 aromatic rings. The Morgan fingerprint density at radius 2 is 1.59 bits per heavy atom. The monoisotopic (exact) mass is 389 g/mol. The van der Waals surface area contributed by atoms with Crippen LogP contribution in [0, 0.1) is 12.7 Å². The molecule has 3 aromatic carbocycles. The lowest BCUT2D eigenvalue weighted by Crippen LogP contribution is -2.46. The number of piperazine rings is 1. The van der Waals surface area contributed by atoms with Crippen molar-refractivity contribution in [1.82, 2.24) is 0 Å². The van der Waals surface area contributed by atoms with Crippen molar-refractivity contribution in [1.29, 1.82) is 0 Å². The van der Waals surface area contributed by atoms with Crippen molar-refractivity contribution < 1.29 is 9.18 Å². The summed E-state index contributed by atoms with van der Waals surface area (Å²) in [7, 11) is 0. The van der Waals surface area contributed by atoms with Crippen molar-refractivity contribution in [3.05, 3.63) is 89.7 Å². The Kier molecular flexibility index (Phi) is 5.47. The first kappa shape index (κ1) is 19.0. The van der Waals surface area contributed by atoms with Gasteiger partial charge in [-0.25, -0.2) is 4.39 Å². The molecule has 1 fully saturated rings. The van der Waals surface area contributed by atoms with Gasteiger partial charge < -0.3 is 15.1 Å². The van der Waals surface area contributed by atoms with E-state index in [9.17, 15) is 9.18 Å². The second kappa shape index (κ2) is 8.35. The lowest BCUT2D eigenvalue weighted by Gasteiger charge is -2.37. The maximum absolute atomic E-state index is 14.8. The molecular weight excluding hydrogens is 365 g/mol. The maximum atomic E-state index is 14.8. The van der Waals surface area contributed by atoms with Crippen LogP contribution in [0.1, 0.15) is 15.9 Å². The largest absolute Gasteiger partial charge is 0.368 e. The molecule has 1 saturated heterocycles. The Morgan fingerprint density at radius 1 is 0.862 bits per heavy atom. The predicted octanol–water partition coefficient (Wildman–Crippen LogP) is 4.71. The lowest BCUT2D eigenvalue weighted by atomic mass is 10.1. The second-order valence-electron chi connectivity index (χ2n) is 7.30. The van der Waals surface area contributed by atoms with Crippen LogP contribution in [0.4, 0.5) is 21.5 Å². The Balaban J connectivity index is 1.41. The number of amides is 1. The number of aryl methyl sites for hydroxylation is 1. The standard InChI is InChI=1S/C24H24FN3O/c1-18-6-5-7-19(16-18)24(29)26-20-10-11-23(22(25)17-20)28-14-12-27(13-15-28)21-8-3-2-4-9-21/h2-11,16-17H,12-15H2,1H3,(H,26,29). The highest BCUT2D eigenvalue weighted by Gasteiger charge is 2.20. The smallest absolute Gasteiger partial charge is 0.255 e. The van der Waals surface area contributed by atoms with Crippen molar-refractivity contribution in [2.45, 2.75) is 6.92 Å². The number of carbonyl (C=O) groups is 1. The zero-order chi connectivity index (χ0) is 20.2. The maximum Gasteiger partial charge on any atom is 0.255 e. The molecule has 0 bridgehead atoms. The van der Waals surface area contributed by atoms with Gasteiger partial charge in [-0.05, 0) is 49.4 Å². The molecular formula is C24H24FN3O. The fraction of sp³-hybridized carbons (Fsp3) is 0.208. The van der Waals surface area contributed by atoms with Gasteiger partial charge in [0.1, 0.15) is 5.82 Å². The van der Waals surface area contributed by atoms with Crippen LogP contribution in [-0.2, 0) is 0 Å². The molecule has 29 heavy (non-hydrogen) atoms. The van der Waals surface area contributed by atoms with E-state index >= 15 is 0 Å². The van der Waals surface area contributed by atoms with Crippen LogP contribution >= 0.6 is 0 Å². The van der Waals surface area contributed by atoms with Gasteiger partial charge in [-0.3, -0.25) is 4.79 Å². The third kappa shape index (κ3) is 4.40. The number of para-hydroxylation sites is 1. The van der Waals surface area contributed by atoms with Crippen molar-refractivity contribution >= 4 is 23.0 Å². The first-order valence-electron chi connectivity index (χ1n) is 9.83. The highest BCUT2D eigenvalue weighted by molar-refractivity contribution is 6.04. The van der Waals surface area contributed by atoms with Crippen LogP contribution in [0.2, 0.25) is 0 Å². The molecule has 148 valence electrons. The summed E-state index contributed by atoms with van der Waals surface area (Å²) in [5.41, 5.74) is 3.80. The SMILES string of the molecule is Cc1cccc(C(=O)Nc2ccc(N3CCN(c4ccccc4)CC3)c(F)c2)c1. The molecule has 1 heterocycles. The van der Waals surface area contributed by atoms with Gasteiger partial charge in [0.25, 0.3) is 5.91 Å². The number of anilines is 3. The Morgan fingerprint density at radius 3 is 2.28 bits per heavy atom. The fourth-order valence-electron chi connectivity index (χ4n) is 3.68. The van der Waals surface area contributed by atoms with Gasteiger partial charge in [0.15, 0.2) is 0 Å². The zero-order valence-electron chi connectivity index (χ0n) is 16.4. The molecule has 1 aliphatic rings. The van der Waals surface area contributed by atoms with Gasteiger partial charge in [0, 0.05) is 43.1 Å². The Labute approximate surface area is 170 Å². The van der Waals surface area contributed by atoms with Crippen LogP contribution in [0.5, 0.6) is 0 Å². The highest BCUT2D eigenvalue weighted by Crippen LogP contribution is 2.25. The molecule has 4 rings (SSSR count). The number of halogens is 1. The molecule has 0 unspecified atom stereocenters. The second-order valence-corrected chi connectivity index (χ2v) is 7.30. The molecule has 1 N–H and O–H groups in total. The topological polar surface area (TPSA) is 35.6 Å². The molecule has 1 amide bonds. The van der Waals surface area contributed by atoms with Crippen LogP contribution in [-0.4, -0.2) is 32.1 Å². The minimum Gasteiger partial charge on any atom is -0.368 e. The lowest BCUT2D eigenvalue weighted by molar-refractivity contribution is 0.102. The van der Waals surface area contributed by atoms with E-state index in [-0.39, 0.29) is 11.7 Å². The van der Waals surface area contributed by atoms with Gasteiger partial charge in [0.2, 0.25) is 0 Å². The van der Waals surface area contributed by atoms with Crippen LogP contribution in [0.15, 0.2) is 72.8 Å². The third-order valence-corrected chi connectivity index (χ3v) is 5.23. The molecule has 0 spiro atoms. The minimum absolute atomic E-state index is 0.239. The quantitative estimate of drug-likeness (QED) is 0.702. The van der Waals surface area contributed by atoms with Crippen LogP contribution in [0.25, 0.3) is 0 Å². The molecule has 5 heteroatoms. The summed E-state index contributed by atoms with van der Waals surface area (Å²) in [6.07, 6.45) is 0. The number of rotatable bonds is 4. The Bertz CT molecular complexity index is 998. The summed E-state index contributed by atoms with van der Waals surface area (Å²) >= 11 is 0. The zero-order valence-corrected chi connectivity index (χ0v) is 16.4. The number of benzene rings is 3. The minimum atomic E-state index is -0.319. The van der Waals surface area contributed by atoms with E-state index in [1.165, 1.54) is 11.8 Å². The first-order chi connectivity index (χ1) is 14.1. The number of carbonyl (C=O) groups excluding carboxylic acids is 1. The average Bonchev–Trinajstić information content (AvgIpc) is 2.75. The summed E-state index contributed by atoms with van der Waals surface area (Å²) in [5.74, 6) is -0.558. The van der Waals surface area contributed by atoms with Crippen molar-refractivity contribution in [3.63, 3.8) is 0 Å². The van der Waals surface area contributed by atoms with E-state index in [2.05, 4.69) is 27.2 Å². The first-order valence-corrected chi connectivity index (χ1v) is 9.83. The summed E-state index contributed by atoms with van der Waals surface area (Å²) < 4.78 is 14.8. The molecule has 0 radical (unpaired) electrons. The van der Waals surface area contributed by atoms with Gasteiger partial charge in [-0.2, -0.15) is 0 Å². The fourth-order valence-corrected chi connectivity index (χ4v) is 3.68. The van der Waals surface area contributed by atoms with E-state index in [1.807, 2.05) is 43.3 Å². The normalized spacial score (nSPS) is 14.0. The van der Waals surface area contributed by atoms with Gasteiger partial charge in [-0.1, -0.05) is 35.9 Å². The van der Waals surface area contributed by atoms with Crippen molar-refractivity contribution in [2.24, 2.45) is 0 Å². The molecule has 0 atom stereocenters. The summed E-state index contributed by atoms with van der Waals surface area (Å²) in [5, 5.41) is 2.78. The molecule has 4 nitrogen and oxygen atoms in total. The van der Waals surface area contributed by atoms with Crippen LogP contribution in [0.3, 0.4) is 0 Å². The summed E-state index contributed by atoms with van der Waals surface area (Å²) in [4.78, 5) is 16.8. The average molecular weight is 389 g/mol. The number of hydrogen-bond donors (Lipinski definition) is 1. The van der Waals surface area contributed by atoms with E-state index in [0.29, 0.717) is 16.9 Å². The number of nitrogens with zero attached hydrogens (tertiary/aromatic N) is 2. The van der Waals surface area contributed by atoms with Crippen molar-refractivity contribution in [2.75, 3.05) is 41.3 Å². The van der Waals surface area contributed by atoms with E-state index < -0.39 is 0 Å². The molecule has 0 aromatic heterocycles. The Hall–Kier alpha value is -3.34.